The van der Waals surface area contributed by atoms with E-state index in [-0.39, 0.29) is 0 Å². The van der Waals surface area contributed by atoms with Gasteiger partial charge in [0.05, 0.1) is 11.6 Å². The molecule has 0 saturated carbocycles. The molecule has 0 radical (unpaired) electrons. The standard InChI is InChI=1S/C17H17N/c1-13(16-6-4-3-5-7-16)14(2)17-10-8-15(12-18)9-11-17/h3-11,13-14H,1-2H3. The maximum absolute atomic E-state index is 8.80. The molecule has 2 atom stereocenters. The zero-order valence-corrected chi connectivity index (χ0v) is 10.8. The number of hydrogen-bond donors (Lipinski definition) is 0. The van der Waals surface area contributed by atoms with Gasteiger partial charge < -0.3 is 0 Å². The van der Waals surface area contributed by atoms with E-state index in [1.807, 2.05) is 18.2 Å². The molecule has 90 valence electrons. The Bertz CT molecular complexity index is 534. The van der Waals surface area contributed by atoms with Crippen LogP contribution in [-0.2, 0) is 0 Å². The third-order valence-corrected chi connectivity index (χ3v) is 3.64. The van der Waals surface area contributed by atoms with Crippen molar-refractivity contribution in [3.05, 3.63) is 71.3 Å². The zero-order chi connectivity index (χ0) is 13.0. The summed E-state index contributed by atoms with van der Waals surface area (Å²) in [6, 6.07) is 20.6. The van der Waals surface area contributed by atoms with Crippen LogP contribution in [-0.4, -0.2) is 0 Å². The zero-order valence-electron chi connectivity index (χ0n) is 10.8. The highest BCUT2D eigenvalue weighted by Crippen LogP contribution is 2.32. The quantitative estimate of drug-likeness (QED) is 0.770. The highest BCUT2D eigenvalue weighted by molar-refractivity contribution is 5.34. The van der Waals surface area contributed by atoms with Crippen LogP contribution in [0.4, 0.5) is 0 Å². The minimum absolute atomic E-state index is 0.445. The van der Waals surface area contributed by atoms with E-state index in [4.69, 9.17) is 5.26 Å². The van der Waals surface area contributed by atoms with Gasteiger partial charge in [-0.3, -0.25) is 0 Å². The Kier molecular flexibility index (Phi) is 3.79. The van der Waals surface area contributed by atoms with Crippen LogP contribution < -0.4 is 0 Å². The van der Waals surface area contributed by atoms with Crippen molar-refractivity contribution in [3.63, 3.8) is 0 Å². The lowest BCUT2D eigenvalue weighted by atomic mass is 9.84. The SMILES string of the molecule is CC(c1ccccc1)C(C)c1ccc(C#N)cc1. The van der Waals surface area contributed by atoms with E-state index in [1.165, 1.54) is 11.1 Å². The largest absolute Gasteiger partial charge is 0.192 e. The highest BCUT2D eigenvalue weighted by Gasteiger charge is 2.15. The fourth-order valence-corrected chi connectivity index (χ4v) is 2.20. The molecule has 1 heteroatoms. The monoisotopic (exact) mass is 235 g/mol. The summed E-state index contributed by atoms with van der Waals surface area (Å²) < 4.78 is 0. The van der Waals surface area contributed by atoms with Gasteiger partial charge in [-0.1, -0.05) is 56.3 Å². The molecule has 2 rings (SSSR count). The van der Waals surface area contributed by atoms with Crippen molar-refractivity contribution in [1.29, 1.82) is 5.26 Å². The smallest absolute Gasteiger partial charge is 0.0991 e. The van der Waals surface area contributed by atoms with Gasteiger partial charge in [0, 0.05) is 0 Å². The van der Waals surface area contributed by atoms with Gasteiger partial charge in [-0.15, -0.1) is 0 Å². The molecule has 0 saturated heterocycles. The molecule has 0 heterocycles. The van der Waals surface area contributed by atoms with Gasteiger partial charge in [0.1, 0.15) is 0 Å². The van der Waals surface area contributed by atoms with E-state index in [0.717, 1.165) is 5.56 Å². The summed E-state index contributed by atoms with van der Waals surface area (Å²) in [4.78, 5) is 0. The number of benzene rings is 2. The number of nitrogens with zero attached hydrogens (tertiary/aromatic N) is 1. The van der Waals surface area contributed by atoms with Crippen LogP contribution in [0, 0.1) is 11.3 Å². The third-order valence-electron chi connectivity index (χ3n) is 3.64. The highest BCUT2D eigenvalue weighted by atomic mass is 14.2. The van der Waals surface area contributed by atoms with Crippen molar-refractivity contribution in [2.45, 2.75) is 25.7 Å². The summed E-state index contributed by atoms with van der Waals surface area (Å²) in [5.74, 6) is 0.916. The van der Waals surface area contributed by atoms with Crippen molar-refractivity contribution >= 4 is 0 Å². The van der Waals surface area contributed by atoms with Gasteiger partial charge in [0.15, 0.2) is 0 Å². The molecule has 0 amide bonds. The Labute approximate surface area is 109 Å². The molecule has 0 N–H and O–H groups in total. The van der Waals surface area contributed by atoms with E-state index in [1.54, 1.807) is 0 Å². The van der Waals surface area contributed by atoms with Crippen molar-refractivity contribution in [2.24, 2.45) is 0 Å². The molecule has 0 aliphatic heterocycles. The van der Waals surface area contributed by atoms with Gasteiger partial charge in [-0.2, -0.15) is 5.26 Å². The molecule has 2 aromatic carbocycles. The second-order valence-electron chi connectivity index (χ2n) is 4.72. The van der Waals surface area contributed by atoms with Gasteiger partial charge >= 0.3 is 0 Å². The van der Waals surface area contributed by atoms with E-state index >= 15 is 0 Å². The Morgan fingerprint density at radius 3 is 1.78 bits per heavy atom. The minimum atomic E-state index is 0.445. The topological polar surface area (TPSA) is 23.8 Å². The number of rotatable bonds is 3. The fraction of sp³-hybridized carbons (Fsp3) is 0.235. The molecule has 0 aromatic heterocycles. The number of nitriles is 1. The second-order valence-corrected chi connectivity index (χ2v) is 4.72. The summed E-state index contributed by atoms with van der Waals surface area (Å²) >= 11 is 0. The molecular formula is C17H17N. The van der Waals surface area contributed by atoms with Crippen LogP contribution in [0.3, 0.4) is 0 Å². The first-order chi connectivity index (χ1) is 8.72. The fourth-order valence-electron chi connectivity index (χ4n) is 2.20. The van der Waals surface area contributed by atoms with E-state index in [2.05, 4.69) is 56.3 Å². The predicted octanol–water partition coefficient (Wildman–Crippen LogP) is 4.47. The predicted molar refractivity (Wildman–Crippen MR) is 74.4 cm³/mol. The van der Waals surface area contributed by atoms with E-state index < -0.39 is 0 Å². The molecule has 0 aliphatic carbocycles. The maximum Gasteiger partial charge on any atom is 0.0991 e. The van der Waals surface area contributed by atoms with Crippen LogP contribution in [0.15, 0.2) is 54.6 Å². The molecular weight excluding hydrogens is 218 g/mol. The Morgan fingerprint density at radius 2 is 1.28 bits per heavy atom. The Morgan fingerprint density at radius 1 is 0.778 bits per heavy atom. The van der Waals surface area contributed by atoms with Crippen molar-refractivity contribution in [1.82, 2.24) is 0 Å². The third kappa shape index (κ3) is 2.60. The lowest BCUT2D eigenvalue weighted by Gasteiger charge is -2.20. The minimum Gasteiger partial charge on any atom is -0.192 e. The first kappa shape index (κ1) is 12.4. The van der Waals surface area contributed by atoms with E-state index in [9.17, 15) is 0 Å². The summed E-state index contributed by atoms with van der Waals surface area (Å²) in [7, 11) is 0. The lowest BCUT2D eigenvalue weighted by molar-refractivity contribution is 0.624. The summed E-state index contributed by atoms with van der Waals surface area (Å²) in [6.07, 6.45) is 0. The second kappa shape index (κ2) is 5.51. The summed E-state index contributed by atoms with van der Waals surface area (Å²) in [5, 5.41) is 8.80. The van der Waals surface area contributed by atoms with Crippen LogP contribution in [0.2, 0.25) is 0 Å². The van der Waals surface area contributed by atoms with Crippen LogP contribution in [0.25, 0.3) is 0 Å². The molecule has 18 heavy (non-hydrogen) atoms. The van der Waals surface area contributed by atoms with Crippen LogP contribution in [0.1, 0.15) is 42.4 Å². The summed E-state index contributed by atoms with van der Waals surface area (Å²) in [6.45, 7) is 4.48. The van der Waals surface area contributed by atoms with Gasteiger partial charge in [0.2, 0.25) is 0 Å². The average molecular weight is 235 g/mol. The van der Waals surface area contributed by atoms with E-state index in [0.29, 0.717) is 11.8 Å². The maximum atomic E-state index is 8.80. The Hall–Kier alpha value is -2.07. The van der Waals surface area contributed by atoms with Gasteiger partial charge in [-0.25, -0.2) is 0 Å². The summed E-state index contributed by atoms with van der Waals surface area (Å²) in [5.41, 5.74) is 3.36. The molecule has 2 unspecified atom stereocenters. The molecule has 0 bridgehead atoms. The molecule has 0 aliphatic rings. The first-order valence-electron chi connectivity index (χ1n) is 6.27. The first-order valence-corrected chi connectivity index (χ1v) is 6.27. The molecule has 1 nitrogen and oxygen atoms in total. The van der Waals surface area contributed by atoms with Crippen molar-refractivity contribution < 1.29 is 0 Å². The van der Waals surface area contributed by atoms with Gasteiger partial charge in [-0.05, 0) is 35.1 Å². The van der Waals surface area contributed by atoms with Gasteiger partial charge in [0.25, 0.3) is 0 Å². The molecule has 2 aromatic rings. The Balaban J connectivity index is 2.20. The number of hydrogen-bond acceptors (Lipinski definition) is 1. The van der Waals surface area contributed by atoms with Crippen LogP contribution in [0.5, 0.6) is 0 Å². The normalized spacial score (nSPS) is 13.6. The molecule has 0 spiro atoms. The van der Waals surface area contributed by atoms with Crippen molar-refractivity contribution in [3.8, 4) is 6.07 Å². The lowest BCUT2D eigenvalue weighted by Crippen LogP contribution is -2.04. The van der Waals surface area contributed by atoms with Crippen LogP contribution >= 0.6 is 0 Å². The average Bonchev–Trinajstić information content (AvgIpc) is 2.47. The molecule has 0 fully saturated rings. The van der Waals surface area contributed by atoms with Crippen molar-refractivity contribution in [2.75, 3.05) is 0 Å².